The van der Waals surface area contributed by atoms with Gasteiger partial charge in [-0.15, -0.1) is 0 Å². The summed E-state index contributed by atoms with van der Waals surface area (Å²) in [7, 11) is 1.88. The lowest BCUT2D eigenvalue weighted by molar-refractivity contribution is 0.692. The van der Waals surface area contributed by atoms with Gasteiger partial charge in [-0.05, 0) is 25.5 Å². The van der Waals surface area contributed by atoms with Gasteiger partial charge in [0.2, 0.25) is 0 Å². The van der Waals surface area contributed by atoms with Crippen LogP contribution in [-0.4, -0.2) is 15.6 Å². The van der Waals surface area contributed by atoms with Gasteiger partial charge in [0.25, 0.3) is 0 Å². The number of nitrogens with two attached hydrogens (primary N) is 1. The van der Waals surface area contributed by atoms with Gasteiger partial charge in [-0.25, -0.2) is 0 Å². The van der Waals surface area contributed by atoms with Crippen LogP contribution in [0.25, 0.3) is 0 Å². The van der Waals surface area contributed by atoms with Crippen LogP contribution in [0, 0.1) is 19.3 Å². The molecule has 0 saturated heterocycles. The van der Waals surface area contributed by atoms with E-state index in [1.54, 1.807) is 16.4 Å². The second-order valence-electron chi connectivity index (χ2n) is 4.17. The minimum Gasteiger partial charge on any atom is -0.384 e. The molecule has 0 saturated carbocycles. The first-order valence-electron chi connectivity index (χ1n) is 5.62. The minimum absolute atomic E-state index is 0.0664. The zero-order valence-corrected chi connectivity index (χ0v) is 11.5. The number of rotatable bonds is 3. The Labute approximate surface area is 111 Å². The SMILES string of the molecule is Cc1ccccc1Sc1c(C(=N)N)c(C)nn1C. The van der Waals surface area contributed by atoms with Crippen molar-refractivity contribution in [1.29, 1.82) is 5.41 Å². The summed E-state index contributed by atoms with van der Waals surface area (Å²) in [4.78, 5) is 1.16. The van der Waals surface area contributed by atoms with Gasteiger partial charge < -0.3 is 5.73 Å². The van der Waals surface area contributed by atoms with Gasteiger partial charge in [-0.2, -0.15) is 5.10 Å². The predicted octanol–water partition coefficient (Wildman–Crippen LogP) is 2.47. The molecule has 0 fully saturated rings. The van der Waals surface area contributed by atoms with Crippen molar-refractivity contribution < 1.29 is 0 Å². The number of nitrogens with one attached hydrogen (secondary N) is 1. The molecule has 2 rings (SSSR count). The first-order chi connectivity index (χ1) is 8.50. The van der Waals surface area contributed by atoms with Gasteiger partial charge in [0, 0.05) is 11.9 Å². The quantitative estimate of drug-likeness (QED) is 0.658. The van der Waals surface area contributed by atoms with Crippen LogP contribution in [0.2, 0.25) is 0 Å². The van der Waals surface area contributed by atoms with Crippen molar-refractivity contribution in [2.75, 3.05) is 0 Å². The van der Waals surface area contributed by atoms with E-state index in [9.17, 15) is 0 Å². The summed E-state index contributed by atoms with van der Waals surface area (Å²) < 4.78 is 1.78. The molecule has 0 aliphatic heterocycles. The highest BCUT2D eigenvalue weighted by molar-refractivity contribution is 7.99. The molecule has 0 bridgehead atoms. The molecule has 18 heavy (non-hydrogen) atoms. The number of hydrogen-bond donors (Lipinski definition) is 2. The zero-order chi connectivity index (χ0) is 13.3. The topological polar surface area (TPSA) is 67.7 Å². The van der Waals surface area contributed by atoms with Gasteiger partial charge >= 0.3 is 0 Å². The lowest BCUT2D eigenvalue weighted by Gasteiger charge is -2.07. The molecule has 0 unspecified atom stereocenters. The van der Waals surface area contributed by atoms with E-state index in [1.807, 2.05) is 26.1 Å². The molecule has 0 spiro atoms. The molecule has 1 heterocycles. The lowest BCUT2D eigenvalue weighted by atomic mass is 10.2. The average Bonchev–Trinajstić information content (AvgIpc) is 2.57. The highest BCUT2D eigenvalue weighted by Crippen LogP contribution is 2.33. The average molecular weight is 260 g/mol. The Morgan fingerprint density at radius 3 is 2.61 bits per heavy atom. The van der Waals surface area contributed by atoms with Crippen LogP contribution < -0.4 is 5.73 Å². The Bertz CT molecular complexity index is 601. The van der Waals surface area contributed by atoms with Crippen LogP contribution in [-0.2, 0) is 7.05 Å². The normalized spacial score (nSPS) is 10.6. The highest BCUT2D eigenvalue weighted by Gasteiger charge is 2.17. The van der Waals surface area contributed by atoms with Crippen molar-refractivity contribution in [1.82, 2.24) is 9.78 Å². The zero-order valence-electron chi connectivity index (χ0n) is 10.7. The van der Waals surface area contributed by atoms with E-state index in [-0.39, 0.29) is 5.84 Å². The predicted molar refractivity (Wildman–Crippen MR) is 74.3 cm³/mol. The molecule has 0 amide bonds. The van der Waals surface area contributed by atoms with Gasteiger partial charge in [0.05, 0.1) is 11.3 Å². The summed E-state index contributed by atoms with van der Waals surface area (Å²) in [6, 6.07) is 8.15. The maximum Gasteiger partial charge on any atom is 0.127 e. The Balaban J connectivity index is 2.47. The molecule has 5 heteroatoms. The molecule has 0 aliphatic carbocycles. The lowest BCUT2D eigenvalue weighted by Crippen LogP contribution is -2.13. The second-order valence-corrected chi connectivity index (χ2v) is 5.20. The van der Waals surface area contributed by atoms with E-state index in [1.165, 1.54) is 5.56 Å². The van der Waals surface area contributed by atoms with E-state index in [0.29, 0.717) is 0 Å². The van der Waals surface area contributed by atoms with Crippen molar-refractivity contribution in [3.8, 4) is 0 Å². The highest BCUT2D eigenvalue weighted by atomic mass is 32.2. The van der Waals surface area contributed by atoms with E-state index < -0.39 is 0 Å². The molecule has 2 aromatic rings. The van der Waals surface area contributed by atoms with Gasteiger partial charge in [-0.1, -0.05) is 30.0 Å². The van der Waals surface area contributed by atoms with E-state index in [4.69, 9.17) is 11.1 Å². The van der Waals surface area contributed by atoms with Crippen LogP contribution >= 0.6 is 11.8 Å². The molecular formula is C13H16N4S. The largest absolute Gasteiger partial charge is 0.384 e. The molecule has 4 nitrogen and oxygen atoms in total. The Morgan fingerprint density at radius 1 is 1.33 bits per heavy atom. The Hall–Kier alpha value is -1.75. The summed E-state index contributed by atoms with van der Waals surface area (Å²) in [5.41, 5.74) is 8.36. The number of nitrogen functional groups attached to an aromatic ring is 1. The van der Waals surface area contributed by atoms with Gasteiger partial charge in [0.1, 0.15) is 10.9 Å². The molecule has 1 aromatic heterocycles. The maximum atomic E-state index is 7.66. The number of hydrogen-bond acceptors (Lipinski definition) is 3. The third-order valence-electron chi connectivity index (χ3n) is 2.74. The summed E-state index contributed by atoms with van der Waals surface area (Å²) in [5, 5.41) is 12.9. The number of nitrogens with zero attached hydrogens (tertiary/aromatic N) is 2. The minimum atomic E-state index is 0.0664. The Morgan fingerprint density at radius 2 is 2.00 bits per heavy atom. The van der Waals surface area contributed by atoms with E-state index in [2.05, 4.69) is 24.2 Å². The molecule has 0 atom stereocenters. The number of aromatic nitrogens is 2. The molecule has 94 valence electrons. The molecule has 0 aliphatic rings. The Kier molecular flexibility index (Phi) is 3.43. The third kappa shape index (κ3) is 2.26. The first kappa shape index (κ1) is 12.7. The molecular weight excluding hydrogens is 244 g/mol. The molecule has 0 radical (unpaired) electrons. The van der Waals surface area contributed by atoms with Crippen LogP contribution in [0.4, 0.5) is 0 Å². The van der Waals surface area contributed by atoms with Crippen molar-refractivity contribution in [3.05, 3.63) is 41.1 Å². The van der Waals surface area contributed by atoms with Crippen LogP contribution in [0.15, 0.2) is 34.2 Å². The molecule has 1 aromatic carbocycles. The maximum absolute atomic E-state index is 7.66. The second kappa shape index (κ2) is 4.86. The fourth-order valence-electron chi connectivity index (χ4n) is 1.84. The number of benzene rings is 1. The summed E-state index contributed by atoms with van der Waals surface area (Å²) in [6.45, 7) is 3.94. The van der Waals surface area contributed by atoms with Gasteiger partial charge in [0.15, 0.2) is 0 Å². The smallest absolute Gasteiger partial charge is 0.127 e. The summed E-state index contributed by atoms with van der Waals surface area (Å²) in [6.07, 6.45) is 0. The summed E-state index contributed by atoms with van der Waals surface area (Å²) >= 11 is 1.60. The van der Waals surface area contributed by atoms with Crippen molar-refractivity contribution >= 4 is 17.6 Å². The fourth-order valence-corrected chi connectivity index (χ4v) is 2.96. The van der Waals surface area contributed by atoms with Crippen molar-refractivity contribution in [2.24, 2.45) is 12.8 Å². The number of aryl methyl sites for hydroxylation is 3. The standard InChI is InChI=1S/C13H16N4S/c1-8-6-4-5-7-10(8)18-13-11(12(14)15)9(2)16-17(13)3/h4-7H,1-3H3,(H3,14,15). The number of amidine groups is 1. The van der Waals surface area contributed by atoms with E-state index >= 15 is 0 Å². The van der Waals surface area contributed by atoms with Crippen molar-refractivity contribution in [3.63, 3.8) is 0 Å². The van der Waals surface area contributed by atoms with Crippen molar-refractivity contribution in [2.45, 2.75) is 23.8 Å². The van der Waals surface area contributed by atoms with E-state index in [0.717, 1.165) is 21.2 Å². The summed E-state index contributed by atoms with van der Waals surface area (Å²) in [5.74, 6) is 0.0664. The third-order valence-corrected chi connectivity index (χ3v) is 4.08. The monoisotopic (exact) mass is 260 g/mol. The fraction of sp³-hybridized carbons (Fsp3) is 0.231. The van der Waals surface area contributed by atoms with Gasteiger partial charge in [-0.3, -0.25) is 10.1 Å². The van der Waals surface area contributed by atoms with Crippen LogP contribution in [0.1, 0.15) is 16.8 Å². The molecule has 3 N–H and O–H groups in total. The first-order valence-corrected chi connectivity index (χ1v) is 6.44. The van der Waals surface area contributed by atoms with Crippen LogP contribution in [0.3, 0.4) is 0 Å². The van der Waals surface area contributed by atoms with Crippen LogP contribution in [0.5, 0.6) is 0 Å².